The highest BCUT2D eigenvalue weighted by Crippen LogP contribution is 2.43. The molecule has 2 aromatic heterocycles. The van der Waals surface area contributed by atoms with Gasteiger partial charge in [-0.2, -0.15) is 4.31 Å². The lowest BCUT2D eigenvalue weighted by Gasteiger charge is -2.37. The average molecular weight is 692 g/mol. The number of likely N-dealkylation sites (tertiary alicyclic amines) is 1. The van der Waals surface area contributed by atoms with E-state index in [4.69, 9.17) is 28.2 Å². The van der Waals surface area contributed by atoms with E-state index in [-0.39, 0.29) is 39.6 Å². The van der Waals surface area contributed by atoms with E-state index in [1.807, 2.05) is 0 Å². The van der Waals surface area contributed by atoms with Crippen molar-refractivity contribution in [1.29, 1.82) is 0 Å². The van der Waals surface area contributed by atoms with Crippen LogP contribution in [0.1, 0.15) is 47.9 Å². The molecule has 2 aromatic carbocycles. The number of aromatic nitrogens is 3. The molecule has 2 amide bonds. The van der Waals surface area contributed by atoms with Crippen LogP contribution in [0.4, 0.5) is 14.9 Å². The van der Waals surface area contributed by atoms with E-state index < -0.39 is 33.9 Å². The number of H-pyrrole nitrogens is 1. The van der Waals surface area contributed by atoms with Crippen LogP contribution in [-0.2, 0) is 21.8 Å². The van der Waals surface area contributed by atoms with Gasteiger partial charge in [0.15, 0.2) is 0 Å². The molecule has 0 bridgehead atoms. The van der Waals surface area contributed by atoms with Gasteiger partial charge in [-0.15, -0.1) is 0 Å². The first-order chi connectivity index (χ1) is 21.9. The number of carbonyl (C=O) groups is 2. The number of hydrogen-bond acceptors (Lipinski definition) is 6. The lowest BCUT2D eigenvalue weighted by Crippen LogP contribution is -2.47. The minimum atomic E-state index is -3.50. The van der Waals surface area contributed by atoms with Gasteiger partial charge in [-0.05, 0) is 49.4 Å². The summed E-state index contributed by atoms with van der Waals surface area (Å²) >= 11 is 13.0. The maximum Gasteiger partial charge on any atom is 0.411 e. The van der Waals surface area contributed by atoms with Crippen LogP contribution in [0.3, 0.4) is 0 Å². The summed E-state index contributed by atoms with van der Waals surface area (Å²) in [5, 5.41) is 3.18. The molecule has 0 radical (unpaired) electrons. The predicted molar refractivity (Wildman–Crippen MR) is 174 cm³/mol. The standard InChI is InChI=1S/C31H33Cl2FN6O5S/c1-38-16-21(32)25-23(38)12-11-20(26(25)34)30(41)39-15-18(22-6-4-5-13-40(22)46(3,43)44)14-24(39)29-36-27(28(33)37-29)17-7-9-19(10-8-17)35-31(42)45-2/h7-12,16,18,22,24H,4-6,13-15H2,1-3H3,(H,35,42)(H,36,37)/t18-,22?,24+/m1/s1. The zero-order valence-electron chi connectivity index (χ0n) is 25.4. The Hall–Kier alpha value is -3.65. The summed E-state index contributed by atoms with van der Waals surface area (Å²) in [6, 6.07) is 8.97. The minimum absolute atomic E-state index is 0.138. The molecule has 2 aliphatic heterocycles. The van der Waals surface area contributed by atoms with Crippen molar-refractivity contribution in [3.63, 3.8) is 0 Å². The number of ether oxygens (including phenoxy) is 1. The molecule has 2 saturated heterocycles. The number of carbonyl (C=O) groups excluding carboxylic acids is 2. The van der Waals surface area contributed by atoms with Gasteiger partial charge in [-0.25, -0.2) is 22.6 Å². The van der Waals surface area contributed by atoms with Crippen LogP contribution < -0.4 is 5.32 Å². The molecule has 0 saturated carbocycles. The first kappa shape index (κ1) is 32.3. The number of nitrogens with one attached hydrogen (secondary N) is 2. The van der Waals surface area contributed by atoms with Crippen LogP contribution in [0.2, 0.25) is 10.2 Å². The third-order valence-electron chi connectivity index (χ3n) is 8.92. The van der Waals surface area contributed by atoms with Gasteiger partial charge >= 0.3 is 6.09 Å². The van der Waals surface area contributed by atoms with Crippen molar-refractivity contribution in [2.75, 3.05) is 31.8 Å². The summed E-state index contributed by atoms with van der Waals surface area (Å²) < 4.78 is 49.4. The van der Waals surface area contributed by atoms with Crippen LogP contribution in [0.25, 0.3) is 22.2 Å². The molecule has 2 aliphatic rings. The molecule has 0 aliphatic carbocycles. The number of sulfonamides is 1. The highest BCUT2D eigenvalue weighted by molar-refractivity contribution is 7.88. The molecule has 3 atom stereocenters. The SMILES string of the molecule is COC(=O)Nc1ccc(-c2nc([C@@H]3C[C@@H](C4CCCCN4S(C)(=O)=O)CN3C(=O)c3ccc4c(c(Cl)cn4C)c3F)[nH]c2Cl)cc1. The van der Waals surface area contributed by atoms with E-state index in [1.165, 1.54) is 23.7 Å². The van der Waals surface area contributed by atoms with Crippen LogP contribution in [0.5, 0.6) is 0 Å². The summed E-state index contributed by atoms with van der Waals surface area (Å²) in [5.74, 6) is -1.11. The van der Waals surface area contributed by atoms with Crippen molar-refractivity contribution in [3.8, 4) is 11.3 Å². The molecule has 4 heterocycles. The van der Waals surface area contributed by atoms with Crippen LogP contribution >= 0.6 is 23.2 Å². The summed E-state index contributed by atoms with van der Waals surface area (Å²) in [6.45, 7) is 0.607. The van der Waals surface area contributed by atoms with Crippen LogP contribution in [0.15, 0.2) is 42.6 Å². The number of aryl methyl sites for hydroxylation is 1. The van der Waals surface area contributed by atoms with Gasteiger partial charge in [0.2, 0.25) is 10.0 Å². The Bertz CT molecular complexity index is 1930. The average Bonchev–Trinajstić information content (AvgIpc) is 3.72. The number of rotatable bonds is 6. The Balaban J connectivity index is 1.37. The Kier molecular flexibility index (Phi) is 8.79. The third kappa shape index (κ3) is 5.96. The van der Waals surface area contributed by atoms with Crippen molar-refractivity contribution in [2.45, 2.75) is 37.8 Å². The first-order valence-corrected chi connectivity index (χ1v) is 17.4. The number of nitrogens with zero attached hydrogens (tertiary/aromatic N) is 4. The van der Waals surface area contributed by atoms with Crippen LogP contribution in [0, 0.1) is 11.7 Å². The zero-order chi connectivity index (χ0) is 32.9. The Morgan fingerprint density at radius 2 is 1.87 bits per heavy atom. The fourth-order valence-corrected chi connectivity index (χ4v) is 8.56. The second-order valence-electron chi connectivity index (χ2n) is 11.8. The second kappa shape index (κ2) is 12.5. The van der Waals surface area contributed by atoms with E-state index in [2.05, 4.69) is 15.0 Å². The van der Waals surface area contributed by atoms with Crippen LogP contribution in [-0.4, -0.2) is 76.7 Å². The van der Waals surface area contributed by atoms with Gasteiger partial charge in [0.25, 0.3) is 5.91 Å². The van der Waals surface area contributed by atoms with Crippen molar-refractivity contribution in [1.82, 2.24) is 23.7 Å². The number of anilines is 1. The second-order valence-corrected chi connectivity index (χ2v) is 14.5. The number of aromatic amines is 1. The number of benzene rings is 2. The molecule has 4 aromatic rings. The zero-order valence-corrected chi connectivity index (χ0v) is 27.7. The number of halogens is 3. The molecular weight excluding hydrogens is 658 g/mol. The topological polar surface area (TPSA) is 130 Å². The maximum atomic E-state index is 16.0. The summed E-state index contributed by atoms with van der Waals surface area (Å²) in [6.07, 6.45) is 4.86. The molecule has 6 rings (SSSR count). The quantitative estimate of drug-likeness (QED) is 0.248. The van der Waals surface area contributed by atoms with Crippen molar-refractivity contribution in [3.05, 3.63) is 70.0 Å². The molecule has 244 valence electrons. The minimum Gasteiger partial charge on any atom is -0.453 e. The van der Waals surface area contributed by atoms with Gasteiger partial charge in [0, 0.05) is 43.6 Å². The van der Waals surface area contributed by atoms with Gasteiger partial charge < -0.3 is 19.2 Å². The Labute approximate surface area is 275 Å². The highest BCUT2D eigenvalue weighted by Gasteiger charge is 2.45. The summed E-state index contributed by atoms with van der Waals surface area (Å²) in [5.41, 5.74) is 2.01. The number of hydrogen-bond donors (Lipinski definition) is 2. The number of amides is 2. The third-order valence-corrected chi connectivity index (χ3v) is 10.8. The largest absolute Gasteiger partial charge is 0.453 e. The van der Waals surface area contributed by atoms with E-state index in [9.17, 15) is 18.0 Å². The molecular formula is C31H33Cl2FN6O5S. The molecule has 2 N–H and O–H groups in total. The molecule has 2 fully saturated rings. The van der Waals surface area contributed by atoms with E-state index in [0.717, 1.165) is 12.8 Å². The molecule has 46 heavy (non-hydrogen) atoms. The number of methoxy groups -OCH3 is 1. The summed E-state index contributed by atoms with van der Waals surface area (Å²) in [7, 11) is -0.479. The molecule has 0 spiro atoms. The Morgan fingerprint density at radius 3 is 2.57 bits per heavy atom. The smallest absolute Gasteiger partial charge is 0.411 e. The lowest BCUT2D eigenvalue weighted by molar-refractivity contribution is 0.0715. The van der Waals surface area contributed by atoms with Crippen molar-refractivity contribution >= 4 is 61.8 Å². The van der Waals surface area contributed by atoms with Gasteiger partial charge in [0.1, 0.15) is 22.5 Å². The van der Waals surface area contributed by atoms with E-state index in [1.54, 1.807) is 53.0 Å². The first-order valence-electron chi connectivity index (χ1n) is 14.8. The fourth-order valence-electron chi connectivity index (χ4n) is 6.75. The van der Waals surface area contributed by atoms with Gasteiger partial charge in [0.05, 0.1) is 40.9 Å². The van der Waals surface area contributed by atoms with Gasteiger partial charge in [-0.1, -0.05) is 41.8 Å². The van der Waals surface area contributed by atoms with E-state index in [0.29, 0.717) is 47.7 Å². The molecule has 1 unspecified atom stereocenters. The van der Waals surface area contributed by atoms with Gasteiger partial charge in [-0.3, -0.25) is 10.1 Å². The number of piperidine rings is 1. The highest BCUT2D eigenvalue weighted by atomic mass is 35.5. The summed E-state index contributed by atoms with van der Waals surface area (Å²) in [4.78, 5) is 35.3. The number of imidazole rings is 1. The Morgan fingerprint density at radius 1 is 1.13 bits per heavy atom. The number of fused-ring (bicyclic) bond motifs is 1. The van der Waals surface area contributed by atoms with Crippen molar-refractivity contribution < 1.29 is 27.1 Å². The maximum absolute atomic E-state index is 16.0. The van der Waals surface area contributed by atoms with E-state index >= 15 is 4.39 Å². The molecule has 11 nitrogen and oxygen atoms in total. The van der Waals surface area contributed by atoms with Crippen molar-refractivity contribution in [2.24, 2.45) is 13.0 Å². The normalized spacial score (nSPS) is 20.7. The lowest BCUT2D eigenvalue weighted by atomic mass is 9.90. The monoisotopic (exact) mass is 690 g/mol. The molecule has 15 heteroatoms. The predicted octanol–water partition coefficient (Wildman–Crippen LogP) is 6.21. The fraction of sp³-hybridized carbons (Fsp3) is 0.387.